The molecule has 2 fully saturated rings. The lowest BCUT2D eigenvalue weighted by Gasteiger charge is -2.38. The first-order valence-electron chi connectivity index (χ1n) is 8.83. The molecule has 25 heavy (non-hydrogen) atoms. The van der Waals surface area contributed by atoms with Crippen molar-refractivity contribution in [2.45, 2.75) is 43.8 Å². The van der Waals surface area contributed by atoms with Crippen LogP contribution >= 0.6 is 0 Å². The normalized spacial score (nSPS) is 25.8. The van der Waals surface area contributed by atoms with Gasteiger partial charge in [0.2, 0.25) is 11.8 Å². The molecule has 3 rings (SSSR count). The minimum Gasteiger partial charge on any atom is -0.382 e. The number of halogens is 2. The van der Waals surface area contributed by atoms with E-state index in [1.165, 1.54) is 0 Å². The number of nitrogens with zero attached hydrogens (tertiary/aromatic N) is 1. The molecule has 1 saturated heterocycles. The van der Waals surface area contributed by atoms with Crippen molar-refractivity contribution >= 4 is 5.91 Å². The van der Waals surface area contributed by atoms with Crippen LogP contribution in [-0.2, 0) is 20.7 Å². The zero-order valence-electron chi connectivity index (χ0n) is 14.5. The van der Waals surface area contributed by atoms with Crippen molar-refractivity contribution in [1.82, 2.24) is 4.90 Å². The van der Waals surface area contributed by atoms with Crippen molar-refractivity contribution in [1.29, 1.82) is 0 Å². The van der Waals surface area contributed by atoms with Gasteiger partial charge in [-0.1, -0.05) is 30.3 Å². The number of likely N-dealkylation sites (tertiary alicyclic amines) is 1. The molecule has 1 amide bonds. The molecule has 0 unspecified atom stereocenters. The Kier molecular flexibility index (Phi) is 5.69. The van der Waals surface area contributed by atoms with E-state index in [-0.39, 0.29) is 30.9 Å². The van der Waals surface area contributed by atoms with Gasteiger partial charge in [0.05, 0.1) is 25.4 Å². The molecule has 2 aliphatic rings. The number of hydrogen-bond donors (Lipinski definition) is 0. The van der Waals surface area contributed by atoms with E-state index in [2.05, 4.69) is 0 Å². The Morgan fingerprint density at radius 3 is 2.60 bits per heavy atom. The smallest absolute Gasteiger partial charge is 0.249 e. The standard InChI is InChI=1S/C19H25F2NO3/c1-24-9-10-25-17-7-8-22(18(23)15-12-19(20,21)13-15)16(17)11-14-5-3-2-4-6-14/h2-6,15-17H,7-13H2,1H3/t16-,17+/m0/s1. The quantitative estimate of drug-likeness (QED) is 0.708. The zero-order valence-corrected chi connectivity index (χ0v) is 14.5. The lowest BCUT2D eigenvalue weighted by molar-refractivity contribution is -0.161. The van der Waals surface area contributed by atoms with E-state index in [0.717, 1.165) is 12.0 Å². The Hall–Kier alpha value is -1.53. The maximum absolute atomic E-state index is 13.2. The van der Waals surface area contributed by atoms with Crippen molar-refractivity contribution in [3.05, 3.63) is 35.9 Å². The molecule has 1 aliphatic carbocycles. The summed E-state index contributed by atoms with van der Waals surface area (Å²) in [5.74, 6) is -3.38. The SMILES string of the molecule is COCCO[C@@H]1CCN(C(=O)C2CC(F)(F)C2)[C@H]1Cc1ccccc1. The summed E-state index contributed by atoms with van der Waals surface area (Å²) >= 11 is 0. The zero-order chi connectivity index (χ0) is 17.9. The highest BCUT2D eigenvalue weighted by Crippen LogP contribution is 2.44. The van der Waals surface area contributed by atoms with Crippen LogP contribution in [0.15, 0.2) is 30.3 Å². The van der Waals surface area contributed by atoms with Crippen molar-refractivity contribution in [2.24, 2.45) is 5.92 Å². The van der Waals surface area contributed by atoms with Gasteiger partial charge in [0.25, 0.3) is 0 Å². The molecule has 4 nitrogen and oxygen atoms in total. The van der Waals surface area contributed by atoms with E-state index in [4.69, 9.17) is 9.47 Å². The molecular formula is C19H25F2NO3. The number of hydrogen-bond acceptors (Lipinski definition) is 3. The van der Waals surface area contributed by atoms with Gasteiger partial charge >= 0.3 is 0 Å². The molecule has 2 atom stereocenters. The van der Waals surface area contributed by atoms with Gasteiger partial charge < -0.3 is 14.4 Å². The summed E-state index contributed by atoms with van der Waals surface area (Å²) < 4.78 is 37.2. The predicted octanol–water partition coefficient (Wildman–Crippen LogP) is 2.91. The monoisotopic (exact) mass is 353 g/mol. The highest BCUT2D eigenvalue weighted by Gasteiger charge is 2.51. The number of carbonyl (C=O) groups is 1. The summed E-state index contributed by atoms with van der Waals surface area (Å²) in [6.07, 6.45) is 0.675. The van der Waals surface area contributed by atoms with E-state index in [0.29, 0.717) is 26.2 Å². The van der Waals surface area contributed by atoms with Crippen LogP contribution in [0.1, 0.15) is 24.8 Å². The molecular weight excluding hydrogens is 328 g/mol. The second-order valence-electron chi connectivity index (χ2n) is 6.94. The van der Waals surface area contributed by atoms with Crippen LogP contribution in [0.25, 0.3) is 0 Å². The molecule has 0 N–H and O–H groups in total. The lowest BCUT2D eigenvalue weighted by atomic mass is 9.80. The van der Waals surface area contributed by atoms with Crippen LogP contribution in [0.2, 0.25) is 0 Å². The largest absolute Gasteiger partial charge is 0.382 e. The second-order valence-corrected chi connectivity index (χ2v) is 6.94. The number of amides is 1. The van der Waals surface area contributed by atoms with Crippen LogP contribution in [0.5, 0.6) is 0 Å². The second kappa shape index (κ2) is 7.79. The Morgan fingerprint density at radius 1 is 1.24 bits per heavy atom. The molecule has 1 saturated carbocycles. The van der Waals surface area contributed by atoms with Gasteiger partial charge in [-0.15, -0.1) is 0 Å². The number of ether oxygens (including phenoxy) is 2. The van der Waals surface area contributed by atoms with Crippen LogP contribution in [0.4, 0.5) is 8.78 Å². The molecule has 6 heteroatoms. The van der Waals surface area contributed by atoms with Crippen molar-refractivity contribution in [3.63, 3.8) is 0 Å². The molecule has 0 spiro atoms. The molecule has 1 heterocycles. The fraction of sp³-hybridized carbons (Fsp3) is 0.632. The third-order valence-corrected chi connectivity index (χ3v) is 5.11. The summed E-state index contributed by atoms with van der Waals surface area (Å²) in [5.41, 5.74) is 1.12. The lowest BCUT2D eigenvalue weighted by Crippen LogP contribution is -2.50. The molecule has 0 aromatic heterocycles. The summed E-state index contributed by atoms with van der Waals surface area (Å²) in [4.78, 5) is 14.5. The number of methoxy groups -OCH3 is 1. The van der Waals surface area contributed by atoms with Crippen molar-refractivity contribution in [3.8, 4) is 0 Å². The van der Waals surface area contributed by atoms with Crippen molar-refractivity contribution in [2.75, 3.05) is 26.9 Å². The van der Waals surface area contributed by atoms with Gasteiger partial charge in [0.15, 0.2) is 0 Å². The Labute approximate surface area is 147 Å². The maximum Gasteiger partial charge on any atom is 0.249 e. The third kappa shape index (κ3) is 4.36. The Bertz CT molecular complexity index is 573. The number of benzene rings is 1. The molecule has 1 aromatic rings. The van der Waals surface area contributed by atoms with E-state index >= 15 is 0 Å². The van der Waals surface area contributed by atoms with Gasteiger partial charge in [-0.25, -0.2) is 8.78 Å². The van der Waals surface area contributed by atoms with Crippen LogP contribution < -0.4 is 0 Å². The van der Waals surface area contributed by atoms with Gasteiger partial charge in [0.1, 0.15) is 0 Å². The predicted molar refractivity (Wildman–Crippen MR) is 89.6 cm³/mol. The molecule has 138 valence electrons. The van der Waals surface area contributed by atoms with Gasteiger partial charge in [-0.3, -0.25) is 4.79 Å². The first-order valence-corrected chi connectivity index (χ1v) is 8.83. The number of rotatable bonds is 7. The Balaban J connectivity index is 1.68. The van der Waals surface area contributed by atoms with Crippen LogP contribution in [0, 0.1) is 5.92 Å². The van der Waals surface area contributed by atoms with Crippen molar-refractivity contribution < 1.29 is 23.0 Å². The summed E-state index contributed by atoms with van der Waals surface area (Å²) in [6.45, 7) is 1.53. The van der Waals surface area contributed by atoms with Crippen LogP contribution in [-0.4, -0.2) is 55.7 Å². The first-order chi connectivity index (χ1) is 12.0. The fourth-order valence-corrected chi connectivity index (χ4v) is 3.74. The van der Waals surface area contributed by atoms with Crippen LogP contribution in [0.3, 0.4) is 0 Å². The minimum atomic E-state index is -2.68. The highest BCUT2D eigenvalue weighted by atomic mass is 19.3. The van der Waals surface area contributed by atoms with E-state index in [9.17, 15) is 13.6 Å². The Morgan fingerprint density at radius 2 is 1.96 bits per heavy atom. The van der Waals surface area contributed by atoms with E-state index < -0.39 is 11.8 Å². The number of carbonyl (C=O) groups excluding carboxylic acids is 1. The molecule has 0 radical (unpaired) electrons. The van der Waals surface area contributed by atoms with Gasteiger partial charge in [0, 0.05) is 32.4 Å². The molecule has 0 bridgehead atoms. The average molecular weight is 353 g/mol. The van der Waals surface area contributed by atoms with E-state index in [1.807, 2.05) is 30.3 Å². The van der Waals surface area contributed by atoms with Gasteiger partial charge in [-0.05, 0) is 18.4 Å². The average Bonchev–Trinajstić information content (AvgIpc) is 2.96. The third-order valence-electron chi connectivity index (χ3n) is 5.11. The minimum absolute atomic E-state index is 0.0834. The van der Waals surface area contributed by atoms with E-state index in [1.54, 1.807) is 12.0 Å². The maximum atomic E-state index is 13.2. The molecule has 1 aliphatic heterocycles. The first kappa shape index (κ1) is 18.3. The molecule has 1 aromatic carbocycles. The summed E-state index contributed by atoms with van der Waals surface area (Å²) in [5, 5.41) is 0. The van der Waals surface area contributed by atoms with Gasteiger partial charge in [-0.2, -0.15) is 0 Å². The summed E-state index contributed by atoms with van der Waals surface area (Å²) in [7, 11) is 1.62. The summed E-state index contributed by atoms with van der Waals surface area (Å²) in [6, 6.07) is 9.80. The number of alkyl halides is 2. The highest BCUT2D eigenvalue weighted by molar-refractivity contribution is 5.80. The topological polar surface area (TPSA) is 38.8 Å². The fourth-order valence-electron chi connectivity index (χ4n) is 3.74.